The first-order chi connectivity index (χ1) is 19.2. The van der Waals surface area contributed by atoms with Gasteiger partial charge in [-0.25, -0.2) is 0 Å². The number of amides is 2. The Labute approximate surface area is 240 Å². The lowest BCUT2D eigenvalue weighted by Gasteiger charge is -2.42. The van der Waals surface area contributed by atoms with Crippen molar-refractivity contribution in [1.82, 2.24) is 0 Å². The summed E-state index contributed by atoms with van der Waals surface area (Å²) in [5, 5.41) is 10.3. The second-order valence-electron chi connectivity index (χ2n) is 10.6. The quantitative estimate of drug-likeness (QED) is 0.283. The number of benzene rings is 2. The second-order valence-corrected chi connectivity index (χ2v) is 11.4. The van der Waals surface area contributed by atoms with Crippen LogP contribution in [-0.4, -0.2) is 35.1 Å². The highest BCUT2D eigenvalue weighted by atomic mass is 79.9. The van der Waals surface area contributed by atoms with Gasteiger partial charge in [0.15, 0.2) is 23.1 Å². The highest BCUT2D eigenvalue weighted by Gasteiger charge is 2.56. The number of nitrogens with zero attached hydrogens (tertiary/aromatic N) is 1. The van der Waals surface area contributed by atoms with E-state index in [0.29, 0.717) is 35.4 Å². The largest absolute Gasteiger partial charge is 0.504 e. The Kier molecular flexibility index (Phi) is 6.61. The molecule has 7 nitrogen and oxygen atoms in total. The van der Waals surface area contributed by atoms with E-state index >= 15 is 0 Å². The number of anilines is 1. The number of Topliss-reactive ketones (excluding diaryl/α,β-unsaturated/α-hetero) is 1. The van der Waals surface area contributed by atoms with Gasteiger partial charge in [-0.1, -0.05) is 36.8 Å². The summed E-state index contributed by atoms with van der Waals surface area (Å²) in [6, 6.07) is 12.4. The fraction of sp³-hybridized carbons (Fsp3) is 0.312. The van der Waals surface area contributed by atoms with Crippen molar-refractivity contribution in [2.75, 3.05) is 11.5 Å². The first kappa shape index (κ1) is 26.4. The Morgan fingerprint density at radius 3 is 2.45 bits per heavy atom. The maximum Gasteiger partial charge on any atom is 0.238 e. The van der Waals surface area contributed by atoms with Gasteiger partial charge in [0.1, 0.15) is 0 Å². The normalized spacial score (nSPS) is 25.8. The molecule has 1 fully saturated rings. The number of ketones is 2. The predicted octanol–water partition coefficient (Wildman–Crippen LogP) is 5.32. The van der Waals surface area contributed by atoms with Gasteiger partial charge >= 0.3 is 0 Å². The number of carbonyl (C=O) groups excluding carboxylic acids is 4. The predicted molar refractivity (Wildman–Crippen MR) is 152 cm³/mol. The maximum atomic E-state index is 14.0. The van der Waals surface area contributed by atoms with E-state index in [1.165, 1.54) is 17.0 Å². The molecule has 2 amide bonds. The molecule has 0 bridgehead atoms. The highest BCUT2D eigenvalue weighted by Crippen LogP contribution is 2.56. The number of rotatable bonds is 5. The number of phenolic OH excluding ortho intramolecular Hbond substituents is 1. The lowest BCUT2D eigenvalue weighted by Crippen LogP contribution is -2.39. The molecular formula is C32H28BrNO6. The molecule has 0 aromatic heterocycles. The Hall–Kier alpha value is -3.78. The number of aromatic hydroxyl groups is 1. The Bertz CT molecular complexity index is 1570. The SMILES string of the molecule is CCOc1cc(C2C3=CCC4C(=O)N(c5ccc(CC)cc5)C(=O)C4C3CC3=C2C(=O)C=C(Br)C3=O)ccc1O. The number of hydrogen-bond donors (Lipinski definition) is 1. The zero-order valence-electron chi connectivity index (χ0n) is 22.1. The van der Waals surface area contributed by atoms with Crippen LogP contribution in [0.1, 0.15) is 43.7 Å². The first-order valence-electron chi connectivity index (χ1n) is 13.6. The van der Waals surface area contributed by atoms with Crippen molar-refractivity contribution in [2.24, 2.45) is 17.8 Å². The molecule has 4 atom stereocenters. The minimum absolute atomic E-state index is 0.0279. The number of allylic oxidation sites excluding steroid dienone is 6. The van der Waals surface area contributed by atoms with Crippen molar-refractivity contribution >= 4 is 45.0 Å². The summed E-state index contributed by atoms with van der Waals surface area (Å²) in [6.45, 7) is 4.19. The van der Waals surface area contributed by atoms with Crippen LogP contribution >= 0.6 is 15.9 Å². The van der Waals surface area contributed by atoms with Gasteiger partial charge in [-0.2, -0.15) is 0 Å². The van der Waals surface area contributed by atoms with Gasteiger partial charge in [-0.15, -0.1) is 0 Å². The van der Waals surface area contributed by atoms with E-state index in [4.69, 9.17) is 4.74 Å². The van der Waals surface area contributed by atoms with Crippen LogP contribution in [-0.2, 0) is 25.6 Å². The van der Waals surface area contributed by atoms with Crippen LogP contribution in [0.2, 0.25) is 0 Å². The third kappa shape index (κ3) is 4.00. The third-order valence-electron chi connectivity index (χ3n) is 8.55. The average Bonchev–Trinajstić information content (AvgIpc) is 3.21. The number of aryl methyl sites for hydroxylation is 1. The number of imide groups is 1. The van der Waals surface area contributed by atoms with Crippen molar-refractivity contribution in [3.8, 4) is 11.5 Å². The van der Waals surface area contributed by atoms with Crippen LogP contribution in [0.5, 0.6) is 11.5 Å². The number of carbonyl (C=O) groups is 4. The molecule has 204 valence electrons. The molecule has 2 aromatic carbocycles. The fourth-order valence-corrected chi connectivity index (χ4v) is 7.15. The molecular weight excluding hydrogens is 574 g/mol. The molecule has 1 heterocycles. The number of fused-ring (bicyclic) bond motifs is 3. The highest BCUT2D eigenvalue weighted by molar-refractivity contribution is 9.12. The van der Waals surface area contributed by atoms with Gasteiger partial charge in [0.25, 0.3) is 0 Å². The van der Waals surface area contributed by atoms with E-state index in [-0.39, 0.29) is 45.8 Å². The summed E-state index contributed by atoms with van der Waals surface area (Å²) in [7, 11) is 0. The molecule has 4 unspecified atom stereocenters. The van der Waals surface area contributed by atoms with E-state index < -0.39 is 23.7 Å². The average molecular weight is 602 g/mol. The van der Waals surface area contributed by atoms with Crippen molar-refractivity contribution in [3.05, 3.63) is 86.9 Å². The third-order valence-corrected chi connectivity index (χ3v) is 9.14. The molecule has 3 aliphatic carbocycles. The van der Waals surface area contributed by atoms with Crippen LogP contribution in [0.3, 0.4) is 0 Å². The molecule has 1 saturated heterocycles. The van der Waals surface area contributed by atoms with Gasteiger partial charge in [-0.05, 0) is 83.4 Å². The van der Waals surface area contributed by atoms with E-state index in [2.05, 4.69) is 15.9 Å². The van der Waals surface area contributed by atoms with E-state index in [1.54, 1.807) is 12.1 Å². The molecule has 40 heavy (non-hydrogen) atoms. The van der Waals surface area contributed by atoms with Crippen LogP contribution in [0.15, 0.2) is 75.8 Å². The van der Waals surface area contributed by atoms with Crippen LogP contribution in [0.4, 0.5) is 5.69 Å². The van der Waals surface area contributed by atoms with E-state index in [0.717, 1.165) is 17.6 Å². The molecule has 8 heteroatoms. The van der Waals surface area contributed by atoms with Gasteiger partial charge in [0.2, 0.25) is 11.8 Å². The molecule has 0 spiro atoms. The number of hydrogen-bond acceptors (Lipinski definition) is 6. The van der Waals surface area contributed by atoms with Crippen molar-refractivity contribution in [2.45, 2.75) is 39.0 Å². The van der Waals surface area contributed by atoms with Crippen molar-refractivity contribution in [1.29, 1.82) is 0 Å². The number of phenols is 1. The molecule has 1 aliphatic heterocycles. The summed E-state index contributed by atoms with van der Waals surface area (Å²) < 4.78 is 5.81. The summed E-state index contributed by atoms with van der Waals surface area (Å²) in [5.41, 5.74) is 3.93. The van der Waals surface area contributed by atoms with E-state index in [1.807, 2.05) is 44.2 Å². The van der Waals surface area contributed by atoms with Crippen molar-refractivity contribution in [3.63, 3.8) is 0 Å². The first-order valence-corrected chi connectivity index (χ1v) is 14.4. The molecule has 2 aromatic rings. The maximum absolute atomic E-state index is 14.0. The second kappa shape index (κ2) is 10.0. The number of ether oxygens (including phenoxy) is 1. The fourth-order valence-electron chi connectivity index (χ4n) is 6.70. The standard InChI is InChI=1S/C32H28BrNO6/c1-3-16-5-8-18(9-6-16)34-31(38)20-11-10-19-21(28(20)32(34)39)14-22-29(25(36)15-23(33)30(22)37)27(19)17-7-12-24(35)26(13-17)40-4-2/h5-10,12-13,15,20-21,27-28,35H,3-4,11,14H2,1-2H3. The minimum atomic E-state index is -0.647. The molecule has 0 saturated carbocycles. The number of halogens is 1. The topological polar surface area (TPSA) is 101 Å². The summed E-state index contributed by atoms with van der Waals surface area (Å²) >= 11 is 3.25. The Morgan fingerprint density at radius 1 is 1.00 bits per heavy atom. The monoisotopic (exact) mass is 601 g/mol. The summed E-state index contributed by atoms with van der Waals surface area (Å²) in [4.78, 5) is 55.7. The molecule has 1 N–H and O–H groups in total. The smallest absolute Gasteiger partial charge is 0.238 e. The van der Waals surface area contributed by atoms with Gasteiger partial charge in [0.05, 0.1) is 28.6 Å². The van der Waals surface area contributed by atoms with Crippen molar-refractivity contribution < 1.29 is 29.0 Å². The van der Waals surface area contributed by atoms with Crippen LogP contribution < -0.4 is 9.64 Å². The zero-order chi connectivity index (χ0) is 28.3. The Balaban J connectivity index is 1.47. The molecule has 6 rings (SSSR count). The zero-order valence-corrected chi connectivity index (χ0v) is 23.7. The minimum Gasteiger partial charge on any atom is -0.504 e. The van der Waals surface area contributed by atoms with Crippen LogP contribution in [0, 0.1) is 17.8 Å². The molecule has 4 aliphatic rings. The van der Waals surface area contributed by atoms with Crippen LogP contribution in [0.25, 0.3) is 0 Å². The summed E-state index contributed by atoms with van der Waals surface area (Å²) in [6.07, 6.45) is 4.69. The van der Waals surface area contributed by atoms with Gasteiger partial charge < -0.3 is 9.84 Å². The molecule has 0 radical (unpaired) electrons. The van der Waals surface area contributed by atoms with Gasteiger partial charge in [-0.3, -0.25) is 24.1 Å². The lowest BCUT2D eigenvalue weighted by atomic mass is 9.59. The lowest BCUT2D eigenvalue weighted by molar-refractivity contribution is -0.123. The summed E-state index contributed by atoms with van der Waals surface area (Å²) in [5.74, 6) is -3.05. The van der Waals surface area contributed by atoms with Gasteiger partial charge in [0, 0.05) is 23.1 Å². The Morgan fingerprint density at radius 2 is 1.75 bits per heavy atom. The van der Waals surface area contributed by atoms with E-state index in [9.17, 15) is 24.3 Å².